The molecule has 1 aromatic rings. The van der Waals surface area contributed by atoms with E-state index >= 15 is 0 Å². The van der Waals surface area contributed by atoms with Crippen LogP contribution in [0.25, 0.3) is 10.4 Å². The molecule has 2 rings (SSSR count). The molecule has 0 atom stereocenters. The first-order valence-electron chi connectivity index (χ1n) is 5.31. The van der Waals surface area contributed by atoms with E-state index in [0.717, 1.165) is 4.90 Å². The fourth-order valence-electron chi connectivity index (χ4n) is 1.89. The predicted octanol–water partition coefficient (Wildman–Crippen LogP) is 0.645. The fraction of sp³-hybridized carbons (Fsp3) is 0.182. The highest BCUT2D eigenvalue weighted by molar-refractivity contribution is 6.23. The standard InChI is InChI=1S/C11H8N4O4/c12-14-13-7-3-1-2-6(11(18)19)10(7)15-8(16)4-5-9(15)17/h1-3H,4-5H2,(H,18,19)/p-1. The summed E-state index contributed by atoms with van der Waals surface area (Å²) < 4.78 is 0. The summed E-state index contributed by atoms with van der Waals surface area (Å²) in [5.74, 6) is -2.63. The molecule has 2 amide bonds. The summed E-state index contributed by atoms with van der Waals surface area (Å²) in [5, 5.41) is 14.4. The number of nitrogens with zero attached hydrogens (tertiary/aromatic N) is 4. The van der Waals surface area contributed by atoms with Crippen LogP contribution in [0.15, 0.2) is 23.3 Å². The topological polar surface area (TPSA) is 126 Å². The van der Waals surface area contributed by atoms with Crippen LogP contribution in [-0.2, 0) is 9.59 Å². The minimum atomic E-state index is -1.56. The third-order valence-electron chi connectivity index (χ3n) is 2.66. The summed E-state index contributed by atoms with van der Waals surface area (Å²) in [6.07, 6.45) is -0.00809. The molecule has 0 bridgehead atoms. The third-order valence-corrected chi connectivity index (χ3v) is 2.66. The van der Waals surface area contributed by atoms with Gasteiger partial charge in [0, 0.05) is 23.3 Å². The number of para-hydroxylation sites is 1. The lowest BCUT2D eigenvalue weighted by Gasteiger charge is -2.20. The number of imide groups is 1. The van der Waals surface area contributed by atoms with Gasteiger partial charge in [-0.1, -0.05) is 23.3 Å². The number of carboxylic acids is 1. The average Bonchev–Trinajstić information content (AvgIpc) is 2.69. The Bertz CT molecular complexity index is 597. The van der Waals surface area contributed by atoms with Gasteiger partial charge in [-0.15, -0.1) is 0 Å². The zero-order valence-corrected chi connectivity index (χ0v) is 9.57. The Balaban J connectivity index is 2.71. The first-order chi connectivity index (χ1) is 9.06. The second kappa shape index (κ2) is 4.79. The van der Waals surface area contributed by atoms with Gasteiger partial charge in [0.05, 0.1) is 17.3 Å². The van der Waals surface area contributed by atoms with Crippen LogP contribution in [0.4, 0.5) is 11.4 Å². The normalized spacial score (nSPS) is 14.4. The Morgan fingerprint density at radius 2 is 1.95 bits per heavy atom. The number of aromatic carboxylic acids is 1. The lowest BCUT2D eigenvalue weighted by atomic mass is 10.1. The Morgan fingerprint density at radius 1 is 1.32 bits per heavy atom. The molecule has 1 aliphatic heterocycles. The molecule has 0 aromatic heterocycles. The minimum absolute atomic E-state index is 0.00404. The SMILES string of the molecule is [N-]=[N+]=Nc1cccc(C(=O)[O-])c1N1C(=O)CCC1=O. The summed E-state index contributed by atoms with van der Waals surface area (Å²) in [7, 11) is 0. The van der Waals surface area contributed by atoms with Gasteiger partial charge in [-0.25, -0.2) is 4.90 Å². The smallest absolute Gasteiger partial charge is 0.234 e. The van der Waals surface area contributed by atoms with Gasteiger partial charge in [0.25, 0.3) is 0 Å². The maximum Gasteiger partial charge on any atom is 0.234 e. The molecule has 8 nitrogen and oxygen atoms in total. The molecule has 19 heavy (non-hydrogen) atoms. The van der Waals surface area contributed by atoms with E-state index in [1.165, 1.54) is 18.2 Å². The van der Waals surface area contributed by atoms with E-state index in [9.17, 15) is 19.5 Å². The number of benzene rings is 1. The van der Waals surface area contributed by atoms with Crippen LogP contribution in [0.1, 0.15) is 23.2 Å². The summed E-state index contributed by atoms with van der Waals surface area (Å²) in [6, 6.07) is 3.84. The molecule has 0 spiro atoms. The van der Waals surface area contributed by atoms with Crippen LogP contribution in [0.2, 0.25) is 0 Å². The van der Waals surface area contributed by atoms with Crippen molar-refractivity contribution in [1.82, 2.24) is 0 Å². The number of carbonyl (C=O) groups excluding carboxylic acids is 3. The van der Waals surface area contributed by atoms with Crippen LogP contribution >= 0.6 is 0 Å². The highest BCUT2D eigenvalue weighted by atomic mass is 16.4. The number of anilines is 1. The van der Waals surface area contributed by atoms with Gasteiger partial charge < -0.3 is 9.90 Å². The summed E-state index contributed by atoms with van der Waals surface area (Å²) in [5.41, 5.74) is 7.76. The van der Waals surface area contributed by atoms with Gasteiger partial charge in [0.2, 0.25) is 11.8 Å². The molecule has 1 heterocycles. The van der Waals surface area contributed by atoms with Crippen LogP contribution in [0.5, 0.6) is 0 Å². The zero-order valence-electron chi connectivity index (χ0n) is 9.57. The van der Waals surface area contributed by atoms with E-state index < -0.39 is 17.8 Å². The molecule has 1 saturated heterocycles. The van der Waals surface area contributed by atoms with Crippen LogP contribution in [0, 0.1) is 0 Å². The number of hydrogen-bond donors (Lipinski definition) is 0. The molecule has 0 saturated carbocycles. The number of amides is 2. The largest absolute Gasteiger partial charge is 0.545 e. The van der Waals surface area contributed by atoms with E-state index in [1.807, 2.05) is 0 Å². The number of hydrogen-bond acceptors (Lipinski definition) is 5. The maximum atomic E-state index is 11.7. The summed E-state index contributed by atoms with van der Waals surface area (Å²) >= 11 is 0. The molecule has 96 valence electrons. The van der Waals surface area contributed by atoms with E-state index in [2.05, 4.69) is 10.0 Å². The minimum Gasteiger partial charge on any atom is -0.545 e. The molecule has 8 heteroatoms. The highest BCUT2D eigenvalue weighted by Crippen LogP contribution is 2.35. The first kappa shape index (κ1) is 12.6. The van der Waals surface area contributed by atoms with Crippen molar-refractivity contribution in [3.05, 3.63) is 34.2 Å². The maximum absolute atomic E-state index is 11.7. The van der Waals surface area contributed by atoms with Crippen molar-refractivity contribution >= 4 is 29.2 Å². The van der Waals surface area contributed by atoms with Gasteiger partial charge in [0.1, 0.15) is 0 Å². The average molecular weight is 259 g/mol. The zero-order chi connectivity index (χ0) is 14.0. The molecule has 1 aliphatic rings. The second-order valence-electron chi connectivity index (χ2n) is 3.77. The fourth-order valence-corrected chi connectivity index (χ4v) is 1.89. The highest BCUT2D eigenvalue weighted by Gasteiger charge is 2.33. The van der Waals surface area contributed by atoms with Crippen molar-refractivity contribution in [3.8, 4) is 0 Å². The quantitative estimate of drug-likeness (QED) is 0.341. The number of carbonyl (C=O) groups is 3. The molecule has 1 aromatic carbocycles. The molecule has 0 N–H and O–H groups in total. The number of carboxylic acid groups (broad SMARTS) is 1. The monoisotopic (exact) mass is 259 g/mol. The van der Waals surface area contributed by atoms with Crippen molar-refractivity contribution in [1.29, 1.82) is 0 Å². The van der Waals surface area contributed by atoms with Gasteiger partial charge in [-0.2, -0.15) is 0 Å². The van der Waals surface area contributed by atoms with E-state index in [-0.39, 0.29) is 29.8 Å². The van der Waals surface area contributed by atoms with Crippen LogP contribution in [0.3, 0.4) is 0 Å². The van der Waals surface area contributed by atoms with Crippen molar-refractivity contribution in [3.63, 3.8) is 0 Å². The van der Waals surface area contributed by atoms with Crippen molar-refractivity contribution in [2.45, 2.75) is 12.8 Å². The van der Waals surface area contributed by atoms with Gasteiger partial charge >= 0.3 is 0 Å². The molecule has 1 fully saturated rings. The van der Waals surface area contributed by atoms with Crippen LogP contribution < -0.4 is 10.0 Å². The van der Waals surface area contributed by atoms with Crippen LogP contribution in [-0.4, -0.2) is 17.8 Å². The Morgan fingerprint density at radius 3 is 2.47 bits per heavy atom. The lowest BCUT2D eigenvalue weighted by Crippen LogP contribution is -2.32. The Labute approximate surface area is 106 Å². The van der Waals surface area contributed by atoms with Crippen molar-refractivity contribution in [2.75, 3.05) is 4.90 Å². The molecule has 0 unspecified atom stereocenters. The predicted molar refractivity (Wildman–Crippen MR) is 61.3 cm³/mol. The number of azide groups is 1. The molecule has 0 radical (unpaired) electrons. The van der Waals surface area contributed by atoms with Gasteiger partial charge in [0.15, 0.2) is 0 Å². The molecular formula is C11H7N4O4-. The number of rotatable bonds is 3. The first-order valence-corrected chi connectivity index (χ1v) is 5.31. The van der Waals surface area contributed by atoms with Crippen molar-refractivity contribution < 1.29 is 19.5 Å². The van der Waals surface area contributed by atoms with E-state index in [4.69, 9.17) is 5.53 Å². The molecular weight excluding hydrogens is 252 g/mol. The van der Waals surface area contributed by atoms with E-state index in [0.29, 0.717) is 0 Å². The second-order valence-corrected chi connectivity index (χ2v) is 3.77. The Hall–Kier alpha value is -2.86. The lowest BCUT2D eigenvalue weighted by molar-refractivity contribution is -0.254. The third kappa shape index (κ3) is 2.12. The Kier molecular flexibility index (Phi) is 3.17. The van der Waals surface area contributed by atoms with E-state index in [1.54, 1.807) is 0 Å². The summed E-state index contributed by atoms with van der Waals surface area (Å²) in [6.45, 7) is 0. The molecule has 0 aliphatic carbocycles. The van der Waals surface area contributed by atoms with Gasteiger partial charge in [-0.05, 0) is 5.53 Å². The van der Waals surface area contributed by atoms with Crippen molar-refractivity contribution in [2.24, 2.45) is 5.11 Å². The van der Waals surface area contributed by atoms with Gasteiger partial charge in [-0.3, -0.25) is 9.59 Å². The summed E-state index contributed by atoms with van der Waals surface area (Å²) in [4.78, 5) is 37.7.